The topological polar surface area (TPSA) is 75.7 Å². The largest absolute Gasteiger partial charge is 0.483 e. The summed E-state index contributed by atoms with van der Waals surface area (Å²) >= 11 is 0. The molecule has 1 aliphatic heterocycles. The average molecular weight is 479 g/mol. The van der Waals surface area contributed by atoms with E-state index in [1.165, 1.54) is 9.87 Å². The molecule has 1 fully saturated rings. The van der Waals surface area contributed by atoms with E-state index in [-0.39, 0.29) is 18.4 Å². The van der Waals surface area contributed by atoms with Gasteiger partial charge in [0, 0.05) is 26.1 Å². The van der Waals surface area contributed by atoms with E-state index in [1.54, 1.807) is 30.3 Å². The van der Waals surface area contributed by atoms with Crippen molar-refractivity contribution in [3.63, 3.8) is 0 Å². The van der Waals surface area contributed by atoms with Crippen molar-refractivity contribution in [3.05, 3.63) is 96.1 Å². The number of carbonyl (C=O) groups is 1. The monoisotopic (exact) mass is 478 g/mol. The van der Waals surface area contributed by atoms with E-state index >= 15 is 0 Å². The van der Waals surface area contributed by atoms with Crippen LogP contribution in [-0.2, 0) is 21.2 Å². The number of nitrogens with zero attached hydrogens (tertiary/aromatic N) is 1. The zero-order valence-electron chi connectivity index (χ0n) is 19.1. The lowest BCUT2D eigenvalue weighted by atomic mass is 9.98. The van der Waals surface area contributed by atoms with Crippen molar-refractivity contribution in [2.45, 2.75) is 24.2 Å². The van der Waals surface area contributed by atoms with Crippen LogP contribution in [0.3, 0.4) is 0 Å². The minimum atomic E-state index is -3.46. The van der Waals surface area contributed by atoms with E-state index in [0.717, 1.165) is 12.0 Å². The van der Waals surface area contributed by atoms with Crippen LogP contribution in [0.1, 0.15) is 24.0 Å². The molecule has 3 aromatic rings. The van der Waals surface area contributed by atoms with Gasteiger partial charge in [-0.25, -0.2) is 8.42 Å². The van der Waals surface area contributed by atoms with Gasteiger partial charge in [0.05, 0.1) is 4.90 Å². The molecule has 1 amide bonds. The SMILES string of the molecule is O=C(COc1ccccc1Cc1ccccc1)NCC1CCN(S(=O)(=O)c2ccccc2)CC1. The summed E-state index contributed by atoms with van der Waals surface area (Å²) in [7, 11) is -3.46. The number of rotatable bonds is 9. The molecule has 34 heavy (non-hydrogen) atoms. The van der Waals surface area contributed by atoms with Crippen LogP contribution >= 0.6 is 0 Å². The lowest BCUT2D eigenvalue weighted by molar-refractivity contribution is -0.123. The summed E-state index contributed by atoms with van der Waals surface area (Å²) in [6.07, 6.45) is 2.17. The number of nitrogens with one attached hydrogen (secondary N) is 1. The number of carbonyl (C=O) groups excluding carboxylic acids is 1. The van der Waals surface area contributed by atoms with Crippen LogP contribution in [0.15, 0.2) is 89.8 Å². The molecule has 1 aliphatic rings. The predicted molar refractivity (Wildman–Crippen MR) is 132 cm³/mol. The highest BCUT2D eigenvalue weighted by molar-refractivity contribution is 7.89. The molecule has 4 rings (SSSR count). The molecule has 0 spiro atoms. The molecule has 7 heteroatoms. The van der Waals surface area contributed by atoms with Crippen molar-refractivity contribution >= 4 is 15.9 Å². The van der Waals surface area contributed by atoms with Gasteiger partial charge in [0.25, 0.3) is 5.91 Å². The lowest BCUT2D eigenvalue weighted by Gasteiger charge is -2.31. The fourth-order valence-corrected chi connectivity index (χ4v) is 5.65. The molecular formula is C27H30N2O4S. The van der Waals surface area contributed by atoms with E-state index in [9.17, 15) is 13.2 Å². The first-order valence-corrected chi connectivity index (χ1v) is 13.0. The Hall–Kier alpha value is -3.16. The van der Waals surface area contributed by atoms with Gasteiger partial charge < -0.3 is 10.1 Å². The van der Waals surface area contributed by atoms with E-state index in [4.69, 9.17) is 4.74 Å². The Labute approximate surface area is 201 Å². The number of piperidine rings is 1. The van der Waals surface area contributed by atoms with Gasteiger partial charge in [-0.2, -0.15) is 4.31 Å². The molecular weight excluding hydrogens is 448 g/mol. The standard InChI is InChI=1S/C27H30N2O4S/c30-27(21-33-26-14-8-7-11-24(26)19-22-9-3-1-4-10-22)28-20-23-15-17-29(18-16-23)34(31,32)25-12-5-2-6-13-25/h1-14,23H,15-21H2,(H,28,30). The normalized spacial score (nSPS) is 15.1. The number of hydrogen-bond donors (Lipinski definition) is 1. The third kappa shape index (κ3) is 6.24. The molecule has 1 saturated heterocycles. The third-order valence-electron chi connectivity index (χ3n) is 6.11. The first-order chi connectivity index (χ1) is 16.5. The number of ether oxygens (including phenoxy) is 1. The molecule has 3 aromatic carbocycles. The summed E-state index contributed by atoms with van der Waals surface area (Å²) in [6, 6.07) is 26.4. The highest BCUT2D eigenvalue weighted by Gasteiger charge is 2.29. The zero-order valence-corrected chi connectivity index (χ0v) is 19.9. The second-order valence-electron chi connectivity index (χ2n) is 8.52. The maximum Gasteiger partial charge on any atom is 0.257 e. The number of amides is 1. The molecule has 1 heterocycles. The van der Waals surface area contributed by atoms with Crippen molar-refractivity contribution in [3.8, 4) is 5.75 Å². The Morgan fingerprint density at radius 2 is 1.50 bits per heavy atom. The van der Waals surface area contributed by atoms with Crippen molar-refractivity contribution in [1.82, 2.24) is 9.62 Å². The fourth-order valence-electron chi connectivity index (χ4n) is 4.15. The molecule has 1 N–H and O–H groups in total. The lowest BCUT2D eigenvalue weighted by Crippen LogP contribution is -2.42. The number of hydrogen-bond acceptors (Lipinski definition) is 4. The Bertz CT molecular complexity index is 1180. The zero-order chi connectivity index (χ0) is 23.8. The molecule has 0 unspecified atom stereocenters. The number of para-hydroxylation sites is 1. The Balaban J connectivity index is 1.22. The van der Waals surface area contributed by atoms with Gasteiger partial charge in [0.2, 0.25) is 10.0 Å². The van der Waals surface area contributed by atoms with Gasteiger partial charge in [-0.3, -0.25) is 4.79 Å². The van der Waals surface area contributed by atoms with Gasteiger partial charge in [-0.05, 0) is 48.1 Å². The van der Waals surface area contributed by atoms with Crippen LogP contribution in [0.25, 0.3) is 0 Å². The summed E-state index contributed by atoms with van der Waals surface area (Å²) in [5.41, 5.74) is 2.22. The summed E-state index contributed by atoms with van der Waals surface area (Å²) in [5, 5.41) is 2.95. The van der Waals surface area contributed by atoms with E-state index in [0.29, 0.717) is 43.1 Å². The number of benzene rings is 3. The Kier molecular flexibility index (Phi) is 7.98. The maximum absolute atomic E-state index is 12.8. The van der Waals surface area contributed by atoms with Crippen molar-refractivity contribution in [2.24, 2.45) is 5.92 Å². The van der Waals surface area contributed by atoms with Crippen LogP contribution in [-0.4, -0.2) is 44.9 Å². The first-order valence-electron chi connectivity index (χ1n) is 11.6. The molecule has 0 atom stereocenters. The summed E-state index contributed by atoms with van der Waals surface area (Å²) in [6.45, 7) is 1.39. The van der Waals surface area contributed by atoms with Crippen LogP contribution in [0.2, 0.25) is 0 Å². The second kappa shape index (κ2) is 11.3. The van der Waals surface area contributed by atoms with Gasteiger partial charge in [0.15, 0.2) is 6.61 Å². The summed E-state index contributed by atoms with van der Waals surface area (Å²) in [4.78, 5) is 12.7. The fraction of sp³-hybridized carbons (Fsp3) is 0.296. The van der Waals surface area contributed by atoms with Gasteiger partial charge in [-0.1, -0.05) is 66.7 Å². The van der Waals surface area contributed by atoms with E-state index in [2.05, 4.69) is 17.4 Å². The van der Waals surface area contributed by atoms with Gasteiger partial charge >= 0.3 is 0 Å². The Morgan fingerprint density at radius 3 is 2.21 bits per heavy atom. The van der Waals surface area contributed by atoms with E-state index < -0.39 is 10.0 Å². The summed E-state index contributed by atoms with van der Waals surface area (Å²) in [5.74, 6) is 0.784. The van der Waals surface area contributed by atoms with Gasteiger partial charge in [-0.15, -0.1) is 0 Å². The maximum atomic E-state index is 12.8. The molecule has 0 saturated carbocycles. The highest BCUT2D eigenvalue weighted by atomic mass is 32.2. The van der Waals surface area contributed by atoms with Crippen LogP contribution in [0.4, 0.5) is 0 Å². The predicted octanol–water partition coefficient (Wildman–Crippen LogP) is 3.87. The first kappa shape index (κ1) is 24.0. The molecule has 0 aliphatic carbocycles. The minimum Gasteiger partial charge on any atom is -0.483 e. The van der Waals surface area contributed by atoms with Crippen molar-refractivity contribution in [1.29, 1.82) is 0 Å². The van der Waals surface area contributed by atoms with E-state index in [1.807, 2.05) is 42.5 Å². The molecule has 0 aromatic heterocycles. The Morgan fingerprint density at radius 1 is 0.882 bits per heavy atom. The quantitative estimate of drug-likeness (QED) is 0.507. The van der Waals surface area contributed by atoms with Crippen LogP contribution < -0.4 is 10.1 Å². The minimum absolute atomic E-state index is 0.0486. The highest BCUT2D eigenvalue weighted by Crippen LogP contribution is 2.24. The van der Waals surface area contributed by atoms with Crippen LogP contribution in [0, 0.1) is 5.92 Å². The van der Waals surface area contributed by atoms with Crippen molar-refractivity contribution in [2.75, 3.05) is 26.2 Å². The molecule has 0 bridgehead atoms. The van der Waals surface area contributed by atoms with Gasteiger partial charge in [0.1, 0.15) is 5.75 Å². The number of sulfonamides is 1. The summed E-state index contributed by atoms with van der Waals surface area (Å²) < 4.78 is 32.9. The molecule has 178 valence electrons. The van der Waals surface area contributed by atoms with Crippen LogP contribution in [0.5, 0.6) is 5.75 Å². The smallest absolute Gasteiger partial charge is 0.257 e. The van der Waals surface area contributed by atoms with Crippen molar-refractivity contribution < 1.29 is 17.9 Å². The molecule has 6 nitrogen and oxygen atoms in total. The molecule has 0 radical (unpaired) electrons. The second-order valence-corrected chi connectivity index (χ2v) is 10.5. The average Bonchev–Trinajstić information content (AvgIpc) is 2.88. The third-order valence-corrected chi connectivity index (χ3v) is 8.02.